The maximum atomic E-state index is 13.1. The molecule has 0 radical (unpaired) electrons. The SMILES string of the molecule is C=CC1=C(C)C2=CC3=NC(=CC4=NC(=CC5=C(/C=C/NO)C(C)(O)C(=CC1=N2)N5)C(C)=C4CCC(=O)NC(CC(=O)O)C(=O)O)C(CCC(=O)NC(CC(=O)O)C(=O)O)=C3C.[Na+]. The molecular formula is C42H45N7NaO12+. The van der Waals surface area contributed by atoms with Crippen LogP contribution in [0.4, 0.5) is 0 Å². The fraction of sp³-hybridized carbons (Fsp3) is 0.310. The van der Waals surface area contributed by atoms with Gasteiger partial charge in [-0.05, 0) is 98.8 Å². The van der Waals surface area contributed by atoms with Crippen LogP contribution in [0.5, 0.6) is 0 Å². The van der Waals surface area contributed by atoms with Crippen LogP contribution in [0.2, 0.25) is 0 Å². The van der Waals surface area contributed by atoms with Crippen molar-refractivity contribution < 1.29 is 89.1 Å². The maximum Gasteiger partial charge on any atom is 1.00 e. The van der Waals surface area contributed by atoms with Crippen molar-refractivity contribution >= 4 is 52.8 Å². The molecule has 0 fully saturated rings. The second-order valence-electron chi connectivity index (χ2n) is 14.7. The number of fused-ring (bicyclic) bond motifs is 5. The van der Waals surface area contributed by atoms with Crippen molar-refractivity contribution in [3.8, 4) is 0 Å². The Labute approximate surface area is 377 Å². The van der Waals surface area contributed by atoms with Crippen LogP contribution in [-0.2, 0) is 28.8 Å². The number of hydroxylamine groups is 1. The summed E-state index contributed by atoms with van der Waals surface area (Å²) in [6, 6.07) is -3.33. The first-order valence-electron chi connectivity index (χ1n) is 18.9. The summed E-state index contributed by atoms with van der Waals surface area (Å²) in [7, 11) is 0. The summed E-state index contributed by atoms with van der Waals surface area (Å²) >= 11 is 0. The van der Waals surface area contributed by atoms with Crippen molar-refractivity contribution in [3.63, 3.8) is 0 Å². The Kier molecular flexibility index (Phi) is 15.7. The van der Waals surface area contributed by atoms with E-state index in [4.69, 9.17) is 25.2 Å². The van der Waals surface area contributed by atoms with E-state index in [1.807, 2.05) is 12.4 Å². The molecule has 19 nitrogen and oxygen atoms in total. The molecule has 0 saturated carbocycles. The van der Waals surface area contributed by atoms with Gasteiger partial charge in [0.25, 0.3) is 0 Å². The number of aliphatic carboxylic acids is 4. The Balaban J connectivity index is 0.00000845. The standard InChI is InChI=1S/C42H45N7O12.Na/c1-6-22-19(2)26-13-27-20(3)23(7-9-36(50)48-33(40(56)57)17-38(52)53)29(44-27)15-30-24(8-10-37(51)49-34(41(58)59)18-39(54)55)21(4)28(45-30)14-32-25(11-12-43-61)42(5,60)35(47-32)16-31(22)46-26;/h6,11-16,33-34,43,47,60-61H,1,7-10,17-18H2,2-5H3,(H,48,50)(H,49,51)(H,52,53)(H,54,55)(H,56,57)(H,58,59);/q;+1/b12-11+,26-13?,28-14?,29-15?,35-16?;. The van der Waals surface area contributed by atoms with E-state index < -0.39 is 66.2 Å². The van der Waals surface area contributed by atoms with E-state index in [0.29, 0.717) is 79.1 Å². The molecule has 0 aromatic carbocycles. The number of rotatable bonds is 17. The van der Waals surface area contributed by atoms with Crippen molar-refractivity contribution in [1.82, 2.24) is 21.4 Å². The Morgan fingerprint density at radius 2 is 1.26 bits per heavy atom. The van der Waals surface area contributed by atoms with E-state index in [0.717, 1.165) is 5.57 Å². The first kappa shape index (κ1) is 48.4. The van der Waals surface area contributed by atoms with Crippen LogP contribution in [0.1, 0.15) is 66.2 Å². The molecule has 3 atom stereocenters. The zero-order valence-corrected chi connectivity index (χ0v) is 36.6. The average molecular weight is 863 g/mol. The van der Waals surface area contributed by atoms with Gasteiger partial charge in [0.2, 0.25) is 11.8 Å². The van der Waals surface area contributed by atoms with Gasteiger partial charge in [0.15, 0.2) is 0 Å². The van der Waals surface area contributed by atoms with Gasteiger partial charge in [-0.2, -0.15) is 0 Å². The van der Waals surface area contributed by atoms with Gasteiger partial charge in [-0.1, -0.05) is 12.7 Å². The van der Waals surface area contributed by atoms with Gasteiger partial charge >= 0.3 is 53.4 Å². The predicted octanol–water partition coefficient (Wildman–Crippen LogP) is -0.212. The van der Waals surface area contributed by atoms with Crippen LogP contribution in [0.3, 0.4) is 0 Å². The number of hydrogen-bond donors (Lipinski definition) is 10. The molecule has 62 heavy (non-hydrogen) atoms. The molecule has 0 saturated heterocycles. The first-order chi connectivity index (χ1) is 28.7. The Bertz CT molecular complexity index is 2420. The third kappa shape index (κ3) is 10.8. The number of aliphatic imine (C=N–C) groups is 3. The number of carbonyl (C=O) groups excluding carboxylic acids is 2. The van der Waals surface area contributed by atoms with Crippen LogP contribution in [0.25, 0.3) is 0 Å². The predicted molar refractivity (Wildman–Crippen MR) is 220 cm³/mol. The molecule has 0 aromatic heterocycles. The van der Waals surface area contributed by atoms with Gasteiger partial charge in [-0.3, -0.25) is 29.9 Å². The number of hydrogen-bond acceptors (Lipinski definition) is 13. The van der Waals surface area contributed by atoms with Gasteiger partial charge in [-0.25, -0.2) is 24.6 Å². The zero-order valence-electron chi connectivity index (χ0n) is 34.6. The Morgan fingerprint density at radius 1 is 0.742 bits per heavy atom. The van der Waals surface area contributed by atoms with Crippen molar-refractivity contribution in [2.24, 2.45) is 15.0 Å². The fourth-order valence-corrected chi connectivity index (χ4v) is 7.22. The second kappa shape index (κ2) is 20.1. The summed E-state index contributed by atoms with van der Waals surface area (Å²) in [5.41, 5.74) is 7.64. The Morgan fingerprint density at radius 3 is 1.79 bits per heavy atom. The quantitative estimate of drug-likeness (QED) is 0.0669. The van der Waals surface area contributed by atoms with E-state index in [2.05, 4.69) is 22.5 Å². The Hall–Kier alpha value is -6.25. The number of carboxylic acid groups (broad SMARTS) is 4. The molecule has 5 heterocycles. The van der Waals surface area contributed by atoms with Crippen molar-refractivity contribution in [3.05, 3.63) is 117 Å². The van der Waals surface area contributed by atoms with E-state index in [9.17, 15) is 49.3 Å². The molecule has 0 spiro atoms. The number of allylic oxidation sites excluding steroid dienone is 11. The van der Waals surface area contributed by atoms with E-state index >= 15 is 0 Å². The van der Waals surface area contributed by atoms with Crippen LogP contribution < -0.4 is 51.0 Å². The molecule has 20 heteroatoms. The first-order valence-corrected chi connectivity index (χ1v) is 18.9. The number of nitrogens with one attached hydrogen (secondary N) is 4. The van der Waals surface area contributed by atoms with Crippen molar-refractivity contribution in [2.45, 2.75) is 83.9 Å². The third-order valence-electron chi connectivity index (χ3n) is 10.6. The number of nitrogens with zero attached hydrogens (tertiary/aromatic N) is 3. The fourth-order valence-electron chi connectivity index (χ4n) is 7.22. The van der Waals surface area contributed by atoms with Crippen LogP contribution in [0.15, 0.2) is 132 Å². The molecule has 3 unspecified atom stereocenters. The van der Waals surface area contributed by atoms with E-state index in [1.54, 1.807) is 51.2 Å². The van der Waals surface area contributed by atoms with Gasteiger partial charge in [0, 0.05) is 35.9 Å². The minimum atomic E-state index is -1.67. The normalized spacial score (nSPS) is 20.2. The number of amides is 2. The summed E-state index contributed by atoms with van der Waals surface area (Å²) in [5, 5.41) is 66.4. The minimum Gasteiger partial charge on any atom is -0.481 e. The average Bonchev–Trinajstić information content (AvgIpc) is 3.81. The molecule has 5 aliphatic rings. The maximum absolute atomic E-state index is 13.1. The molecular weight excluding hydrogens is 817 g/mol. The van der Waals surface area contributed by atoms with E-state index in [1.165, 1.54) is 12.3 Å². The van der Waals surface area contributed by atoms with Crippen LogP contribution in [0, 0.1) is 0 Å². The summed E-state index contributed by atoms with van der Waals surface area (Å²) in [4.78, 5) is 86.7. The molecule has 320 valence electrons. The van der Waals surface area contributed by atoms with Gasteiger partial charge < -0.3 is 41.5 Å². The second-order valence-corrected chi connectivity index (χ2v) is 14.7. The van der Waals surface area contributed by atoms with Gasteiger partial charge in [0.05, 0.1) is 52.8 Å². The monoisotopic (exact) mass is 862 g/mol. The van der Waals surface area contributed by atoms with Crippen LogP contribution >= 0.6 is 0 Å². The zero-order chi connectivity index (χ0) is 44.9. The molecule has 8 bridgehead atoms. The molecule has 5 aliphatic heterocycles. The summed E-state index contributed by atoms with van der Waals surface area (Å²) in [5.74, 6) is -7.30. The third-order valence-corrected chi connectivity index (χ3v) is 10.6. The molecule has 5 rings (SSSR count). The molecule has 0 aromatic rings. The molecule has 10 N–H and O–H groups in total. The minimum absolute atomic E-state index is 0. The number of carbonyl (C=O) groups is 6. The summed E-state index contributed by atoms with van der Waals surface area (Å²) in [6.45, 7) is 10.9. The van der Waals surface area contributed by atoms with Gasteiger partial charge in [0.1, 0.15) is 17.7 Å². The number of aliphatic hydroxyl groups is 1. The topological polar surface area (TPSA) is 309 Å². The summed E-state index contributed by atoms with van der Waals surface area (Å²) < 4.78 is 0. The van der Waals surface area contributed by atoms with Crippen molar-refractivity contribution in [2.75, 3.05) is 0 Å². The summed E-state index contributed by atoms with van der Waals surface area (Å²) in [6.07, 6.45) is 8.90. The molecule has 2 amide bonds. The smallest absolute Gasteiger partial charge is 0.481 e. The van der Waals surface area contributed by atoms with E-state index in [-0.39, 0.29) is 55.2 Å². The molecule has 0 aliphatic carbocycles. The number of carboxylic acids is 4. The van der Waals surface area contributed by atoms with Crippen LogP contribution in [-0.4, -0.2) is 101 Å². The van der Waals surface area contributed by atoms with Crippen molar-refractivity contribution in [1.29, 1.82) is 0 Å². The largest absolute Gasteiger partial charge is 1.00 e. The van der Waals surface area contributed by atoms with Gasteiger partial charge in [-0.15, -0.1) is 0 Å².